The number of alkyl halides is 1. The van der Waals surface area contributed by atoms with Crippen molar-refractivity contribution >= 4 is 23.4 Å². The highest BCUT2D eigenvalue weighted by molar-refractivity contribution is 7.99. The molecule has 0 saturated heterocycles. The van der Waals surface area contributed by atoms with E-state index in [0.717, 1.165) is 47.2 Å². The van der Waals surface area contributed by atoms with Gasteiger partial charge in [-0.15, -0.1) is 23.4 Å². The standard InChI is InChI=1S/C21H23ClN2OS/c1-15-16(2)23-11-10-21(15)25-19-6-8-20(9-7-19)26-13-12-24-18-5-3-4-17(22)14-18/h3,5-11,14,17,24H,4,12-13H2,1-2H3. The van der Waals surface area contributed by atoms with Gasteiger partial charge >= 0.3 is 0 Å². The molecule has 0 saturated carbocycles. The van der Waals surface area contributed by atoms with Crippen molar-refractivity contribution in [1.29, 1.82) is 0 Å². The molecule has 1 atom stereocenters. The fourth-order valence-corrected chi connectivity index (χ4v) is 3.59. The van der Waals surface area contributed by atoms with Crippen molar-refractivity contribution in [2.75, 3.05) is 12.3 Å². The van der Waals surface area contributed by atoms with Gasteiger partial charge in [0.25, 0.3) is 0 Å². The van der Waals surface area contributed by atoms with E-state index in [1.165, 1.54) is 4.90 Å². The van der Waals surface area contributed by atoms with Gasteiger partial charge < -0.3 is 10.1 Å². The second-order valence-electron chi connectivity index (χ2n) is 6.14. The van der Waals surface area contributed by atoms with E-state index in [1.807, 2.05) is 43.8 Å². The Balaban J connectivity index is 1.47. The number of hydrogen-bond donors (Lipinski definition) is 1. The minimum Gasteiger partial charge on any atom is -0.457 e. The van der Waals surface area contributed by atoms with Crippen LogP contribution in [0.3, 0.4) is 0 Å². The summed E-state index contributed by atoms with van der Waals surface area (Å²) in [5, 5.41) is 3.52. The summed E-state index contributed by atoms with van der Waals surface area (Å²) in [5.74, 6) is 2.68. The molecule has 0 fully saturated rings. The molecular weight excluding hydrogens is 364 g/mol. The molecule has 136 valence electrons. The zero-order chi connectivity index (χ0) is 18.4. The molecule has 3 nitrogen and oxygen atoms in total. The summed E-state index contributed by atoms with van der Waals surface area (Å²) in [6.07, 6.45) is 8.96. The highest BCUT2D eigenvalue weighted by atomic mass is 35.5. The van der Waals surface area contributed by atoms with E-state index < -0.39 is 0 Å². The fourth-order valence-electron chi connectivity index (χ4n) is 2.58. The lowest BCUT2D eigenvalue weighted by molar-refractivity contribution is 0.477. The van der Waals surface area contributed by atoms with E-state index in [9.17, 15) is 0 Å². The Morgan fingerprint density at radius 2 is 2.04 bits per heavy atom. The van der Waals surface area contributed by atoms with E-state index in [-0.39, 0.29) is 5.38 Å². The predicted octanol–water partition coefficient (Wildman–Crippen LogP) is 5.62. The highest BCUT2D eigenvalue weighted by Crippen LogP contribution is 2.28. The number of aryl methyl sites for hydroxylation is 1. The summed E-state index contributed by atoms with van der Waals surface area (Å²) in [6.45, 7) is 4.92. The first kappa shape index (κ1) is 18.9. The van der Waals surface area contributed by atoms with Crippen LogP contribution in [0.1, 0.15) is 17.7 Å². The molecule has 5 heteroatoms. The SMILES string of the molecule is Cc1nccc(Oc2ccc(SCCNC3=CC(Cl)CC=C3)cc2)c1C. The van der Waals surface area contributed by atoms with Crippen LogP contribution in [0.2, 0.25) is 0 Å². The number of hydrogen-bond acceptors (Lipinski definition) is 4. The molecule has 0 radical (unpaired) electrons. The summed E-state index contributed by atoms with van der Waals surface area (Å²) in [6, 6.07) is 10.1. The summed E-state index contributed by atoms with van der Waals surface area (Å²) < 4.78 is 5.97. The summed E-state index contributed by atoms with van der Waals surface area (Å²) in [7, 11) is 0. The molecule has 26 heavy (non-hydrogen) atoms. The average molecular weight is 387 g/mol. The van der Waals surface area contributed by atoms with E-state index in [1.54, 1.807) is 6.20 Å². The number of nitrogens with zero attached hydrogens (tertiary/aromatic N) is 1. The largest absolute Gasteiger partial charge is 0.457 e. The molecule has 3 rings (SSSR count). The Bertz CT molecular complexity index is 802. The number of ether oxygens (including phenoxy) is 1. The molecule has 1 heterocycles. The molecule has 1 aromatic carbocycles. The molecule has 1 N–H and O–H groups in total. The number of allylic oxidation sites excluding steroid dienone is 3. The highest BCUT2D eigenvalue weighted by Gasteiger charge is 2.06. The number of halogens is 1. The average Bonchev–Trinajstić information content (AvgIpc) is 2.64. The smallest absolute Gasteiger partial charge is 0.133 e. The Labute approximate surface area is 164 Å². The van der Waals surface area contributed by atoms with E-state index >= 15 is 0 Å². The first-order valence-electron chi connectivity index (χ1n) is 8.71. The lowest BCUT2D eigenvalue weighted by Crippen LogP contribution is -2.18. The summed E-state index contributed by atoms with van der Waals surface area (Å²) >= 11 is 7.94. The maximum absolute atomic E-state index is 6.12. The predicted molar refractivity (Wildman–Crippen MR) is 110 cm³/mol. The zero-order valence-corrected chi connectivity index (χ0v) is 16.6. The van der Waals surface area contributed by atoms with Crippen LogP contribution >= 0.6 is 23.4 Å². The first-order chi connectivity index (χ1) is 12.6. The number of thioether (sulfide) groups is 1. The maximum Gasteiger partial charge on any atom is 0.133 e. The zero-order valence-electron chi connectivity index (χ0n) is 15.0. The normalized spacial score (nSPS) is 16.3. The third kappa shape index (κ3) is 5.29. The number of rotatable bonds is 7. The molecule has 1 aliphatic carbocycles. The third-order valence-corrected chi connectivity index (χ3v) is 5.49. The Hall–Kier alpha value is -1.91. The van der Waals surface area contributed by atoms with Gasteiger partial charge in [0.2, 0.25) is 0 Å². The number of pyridine rings is 1. The van der Waals surface area contributed by atoms with Gasteiger partial charge in [0.05, 0.1) is 5.38 Å². The van der Waals surface area contributed by atoms with Crippen LogP contribution in [-0.4, -0.2) is 22.7 Å². The van der Waals surface area contributed by atoms with Gasteiger partial charge in [-0.2, -0.15) is 0 Å². The second kappa shape index (κ2) is 9.15. The van der Waals surface area contributed by atoms with Crippen LogP contribution in [0.15, 0.2) is 65.3 Å². The molecule has 2 aromatic rings. The Morgan fingerprint density at radius 3 is 2.81 bits per heavy atom. The van der Waals surface area contributed by atoms with Gasteiger partial charge in [0, 0.05) is 40.3 Å². The quantitative estimate of drug-likeness (QED) is 0.380. The minimum atomic E-state index is 0.107. The van der Waals surface area contributed by atoms with Crippen molar-refractivity contribution in [3.05, 3.63) is 71.7 Å². The third-order valence-electron chi connectivity index (χ3n) is 4.18. The number of aromatic nitrogens is 1. The topological polar surface area (TPSA) is 34.1 Å². The van der Waals surface area contributed by atoms with E-state index in [2.05, 4.69) is 40.7 Å². The van der Waals surface area contributed by atoms with Gasteiger partial charge in [-0.1, -0.05) is 6.08 Å². The van der Waals surface area contributed by atoms with Crippen LogP contribution < -0.4 is 10.1 Å². The van der Waals surface area contributed by atoms with Crippen molar-refractivity contribution in [2.24, 2.45) is 0 Å². The fraction of sp³-hybridized carbons (Fsp3) is 0.286. The Kier molecular flexibility index (Phi) is 6.64. The maximum atomic E-state index is 6.12. The van der Waals surface area contributed by atoms with Crippen molar-refractivity contribution in [1.82, 2.24) is 10.3 Å². The minimum absolute atomic E-state index is 0.107. The summed E-state index contributed by atoms with van der Waals surface area (Å²) in [4.78, 5) is 5.50. The lowest BCUT2D eigenvalue weighted by Gasteiger charge is -2.13. The van der Waals surface area contributed by atoms with Crippen LogP contribution in [0.5, 0.6) is 11.5 Å². The van der Waals surface area contributed by atoms with E-state index in [4.69, 9.17) is 16.3 Å². The van der Waals surface area contributed by atoms with Crippen LogP contribution in [-0.2, 0) is 0 Å². The summed E-state index contributed by atoms with van der Waals surface area (Å²) in [5.41, 5.74) is 3.18. The molecular formula is C21H23ClN2OS. The molecule has 1 unspecified atom stereocenters. The van der Waals surface area contributed by atoms with Crippen molar-refractivity contribution in [3.63, 3.8) is 0 Å². The molecule has 0 aliphatic heterocycles. The van der Waals surface area contributed by atoms with Gasteiger partial charge in [-0.25, -0.2) is 0 Å². The molecule has 0 bridgehead atoms. The van der Waals surface area contributed by atoms with Gasteiger partial charge in [-0.05, 0) is 62.8 Å². The Morgan fingerprint density at radius 1 is 1.23 bits per heavy atom. The first-order valence-corrected chi connectivity index (χ1v) is 10.1. The lowest BCUT2D eigenvalue weighted by atomic mass is 10.1. The molecule has 1 aliphatic rings. The van der Waals surface area contributed by atoms with Crippen LogP contribution in [0.4, 0.5) is 0 Å². The van der Waals surface area contributed by atoms with Crippen molar-refractivity contribution in [2.45, 2.75) is 30.5 Å². The number of benzene rings is 1. The molecule has 1 aromatic heterocycles. The number of nitrogens with one attached hydrogen (secondary N) is 1. The van der Waals surface area contributed by atoms with Crippen LogP contribution in [0.25, 0.3) is 0 Å². The van der Waals surface area contributed by atoms with Crippen molar-refractivity contribution < 1.29 is 4.74 Å². The van der Waals surface area contributed by atoms with E-state index in [0.29, 0.717) is 0 Å². The van der Waals surface area contributed by atoms with Crippen LogP contribution in [0, 0.1) is 13.8 Å². The van der Waals surface area contributed by atoms with Gasteiger partial charge in [-0.3, -0.25) is 4.98 Å². The molecule has 0 spiro atoms. The second-order valence-corrected chi connectivity index (χ2v) is 7.87. The van der Waals surface area contributed by atoms with Gasteiger partial charge in [0.15, 0.2) is 0 Å². The van der Waals surface area contributed by atoms with Crippen molar-refractivity contribution in [3.8, 4) is 11.5 Å². The molecule has 0 amide bonds. The van der Waals surface area contributed by atoms with Gasteiger partial charge in [0.1, 0.15) is 11.5 Å². The monoisotopic (exact) mass is 386 g/mol.